The van der Waals surface area contributed by atoms with E-state index in [4.69, 9.17) is 29.2 Å². The maximum atomic E-state index is 12.7. The molecular formula is C31H36N2O10. The van der Waals surface area contributed by atoms with Crippen LogP contribution in [-0.2, 0) is 45.4 Å². The third-order valence-electron chi connectivity index (χ3n) is 8.21. The number of hydrogen-bond acceptors (Lipinski definition) is 8. The summed E-state index contributed by atoms with van der Waals surface area (Å²) in [5.74, 6) is -1.81. The third-order valence-corrected chi connectivity index (χ3v) is 8.21. The van der Waals surface area contributed by atoms with E-state index in [1.165, 1.54) is 6.92 Å². The maximum absolute atomic E-state index is 12.7. The molecule has 12 nitrogen and oxygen atoms in total. The van der Waals surface area contributed by atoms with Gasteiger partial charge in [0.2, 0.25) is 11.8 Å². The van der Waals surface area contributed by atoms with E-state index >= 15 is 0 Å². The first-order chi connectivity index (χ1) is 20.6. The van der Waals surface area contributed by atoms with Crippen molar-refractivity contribution in [1.29, 1.82) is 0 Å². The number of benzene rings is 2. The Kier molecular flexibility index (Phi) is 8.65. The van der Waals surface area contributed by atoms with E-state index in [1.54, 1.807) is 24.0 Å². The Morgan fingerprint density at radius 2 is 1.23 bits per heavy atom. The molecular weight excluding hydrogens is 560 g/mol. The molecule has 2 aliphatic heterocycles. The van der Waals surface area contributed by atoms with Crippen LogP contribution in [0.4, 0.5) is 0 Å². The van der Waals surface area contributed by atoms with Crippen molar-refractivity contribution in [3.05, 3.63) is 46.5 Å². The maximum Gasteiger partial charge on any atom is 0.307 e. The number of carbonyl (C=O) groups is 4. The Labute approximate surface area is 249 Å². The minimum Gasteiger partial charge on any atom is -0.493 e. The summed E-state index contributed by atoms with van der Waals surface area (Å²) in [4.78, 5) is 51.0. The molecule has 3 aliphatic rings. The fourth-order valence-electron chi connectivity index (χ4n) is 5.57. The molecule has 3 atom stereocenters. The molecule has 0 radical (unpaired) electrons. The fraction of sp³-hybridized carbons (Fsp3) is 0.484. The quantitative estimate of drug-likeness (QED) is 0.330. The van der Waals surface area contributed by atoms with Gasteiger partial charge in [-0.3, -0.25) is 19.2 Å². The van der Waals surface area contributed by atoms with E-state index in [0.29, 0.717) is 75.2 Å². The van der Waals surface area contributed by atoms with E-state index in [9.17, 15) is 19.2 Å². The SMILES string of the molecule is COc1cc2c(cc1OCCCOc1cc3c(cc1OC)CN(C(=O)[C@@H]1C[C@H]1C(=O)O)C3)CN(C(=O)C[C@H](C)C(=O)O)C2. The number of methoxy groups -OCH3 is 2. The standard InChI is InChI=1S/C31H36N2O10/c1-17(30(36)37)7-28(34)32-13-18-8-24(40-2)26(10-20(18)14-32)42-5-4-6-43-27-11-21-16-33(15-19(21)9-25(27)41-3)29(35)22-12-23(22)31(38)39/h8-11,17,22-23H,4-7,12-16H2,1-3H3,(H,36,37)(H,38,39)/t17-,22+,23+/m0/s1. The lowest BCUT2D eigenvalue weighted by atomic mass is 10.1. The lowest BCUT2D eigenvalue weighted by molar-refractivity contribution is -0.145. The van der Waals surface area contributed by atoms with Crippen LogP contribution in [0.1, 0.15) is 48.4 Å². The summed E-state index contributed by atoms with van der Waals surface area (Å²) in [7, 11) is 3.10. The number of aliphatic carboxylic acids is 2. The van der Waals surface area contributed by atoms with Crippen LogP contribution in [0, 0.1) is 17.8 Å². The minimum absolute atomic E-state index is 0.0527. The number of nitrogens with zero attached hydrogens (tertiary/aromatic N) is 2. The molecule has 2 amide bonds. The van der Waals surface area contributed by atoms with E-state index in [2.05, 4.69) is 0 Å². The summed E-state index contributed by atoms with van der Waals surface area (Å²) in [6, 6.07) is 7.45. The van der Waals surface area contributed by atoms with E-state index in [0.717, 1.165) is 22.3 Å². The average molecular weight is 597 g/mol. The van der Waals surface area contributed by atoms with Crippen LogP contribution in [0.25, 0.3) is 0 Å². The number of carbonyl (C=O) groups excluding carboxylic acids is 2. The fourth-order valence-corrected chi connectivity index (χ4v) is 5.57. The molecule has 1 saturated carbocycles. The lowest BCUT2D eigenvalue weighted by Crippen LogP contribution is -2.28. The summed E-state index contributed by atoms with van der Waals surface area (Å²) < 4.78 is 23.0. The molecule has 2 heterocycles. The second kappa shape index (κ2) is 12.4. The van der Waals surface area contributed by atoms with Gasteiger partial charge < -0.3 is 39.0 Å². The van der Waals surface area contributed by atoms with Gasteiger partial charge in [0, 0.05) is 39.0 Å². The molecule has 2 aromatic carbocycles. The first-order valence-electron chi connectivity index (χ1n) is 14.3. The van der Waals surface area contributed by atoms with Crippen molar-refractivity contribution < 1.29 is 48.3 Å². The third kappa shape index (κ3) is 6.47. The van der Waals surface area contributed by atoms with Crippen molar-refractivity contribution in [3.8, 4) is 23.0 Å². The number of rotatable bonds is 13. The Morgan fingerprint density at radius 3 is 1.65 bits per heavy atom. The molecule has 1 aliphatic carbocycles. The monoisotopic (exact) mass is 596 g/mol. The number of carboxylic acid groups (broad SMARTS) is 2. The van der Waals surface area contributed by atoms with Gasteiger partial charge in [-0.15, -0.1) is 0 Å². The van der Waals surface area contributed by atoms with Crippen molar-refractivity contribution in [1.82, 2.24) is 9.80 Å². The van der Waals surface area contributed by atoms with Gasteiger partial charge in [-0.25, -0.2) is 0 Å². The van der Waals surface area contributed by atoms with Crippen LogP contribution in [0.15, 0.2) is 24.3 Å². The van der Waals surface area contributed by atoms with Crippen LogP contribution in [0.3, 0.4) is 0 Å². The summed E-state index contributed by atoms with van der Waals surface area (Å²) in [6.45, 7) is 3.80. The highest BCUT2D eigenvalue weighted by molar-refractivity contribution is 5.90. The Morgan fingerprint density at radius 1 is 0.767 bits per heavy atom. The number of ether oxygens (including phenoxy) is 4. The van der Waals surface area contributed by atoms with Gasteiger partial charge in [0.05, 0.1) is 45.2 Å². The number of fused-ring (bicyclic) bond motifs is 2. The summed E-state index contributed by atoms with van der Waals surface area (Å²) in [6.07, 6.45) is 0.897. The van der Waals surface area contributed by atoms with E-state index in [1.807, 2.05) is 24.3 Å². The number of hydrogen-bond donors (Lipinski definition) is 2. The van der Waals surface area contributed by atoms with E-state index in [-0.39, 0.29) is 18.2 Å². The molecule has 1 fully saturated rings. The largest absolute Gasteiger partial charge is 0.493 e. The van der Waals surface area contributed by atoms with Crippen molar-refractivity contribution in [2.24, 2.45) is 17.8 Å². The molecule has 0 aromatic heterocycles. The highest BCUT2D eigenvalue weighted by Crippen LogP contribution is 2.43. The Balaban J connectivity index is 1.13. The number of amides is 2. The van der Waals surface area contributed by atoms with Crippen molar-refractivity contribution in [2.45, 2.75) is 52.4 Å². The van der Waals surface area contributed by atoms with Crippen LogP contribution in [0.5, 0.6) is 23.0 Å². The van der Waals surface area contributed by atoms with Gasteiger partial charge in [0.15, 0.2) is 23.0 Å². The molecule has 5 rings (SSSR count). The predicted molar refractivity (Wildman–Crippen MR) is 151 cm³/mol. The van der Waals surface area contributed by atoms with Crippen molar-refractivity contribution in [3.63, 3.8) is 0 Å². The molecule has 0 bridgehead atoms. The second-order valence-corrected chi connectivity index (χ2v) is 11.3. The lowest BCUT2D eigenvalue weighted by Gasteiger charge is -2.16. The van der Waals surface area contributed by atoms with Gasteiger partial charge in [-0.05, 0) is 52.9 Å². The first-order valence-corrected chi connectivity index (χ1v) is 14.3. The topological polar surface area (TPSA) is 152 Å². The smallest absolute Gasteiger partial charge is 0.307 e. The van der Waals surface area contributed by atoms with Gasteiger partial charge in [-0.2, -0.15) is 0 Å². The van der Waals surface area contributed by atoms with Crippen LogP contribution >= 0.6 is 0 Å². The Bertz CT molecular complexity index is 1440. The molecule has 2 aromatic rings. The summed E-state index contributed by atoms with van der Waals surface area (Å²) in [5.41, 5.74) is 3.76. The van der Waals surface area contributed by atoms with Crippen molar-refractivity contribution >= 4 is 23.8 Å². The van der Waals surface area contributed by atoms with Crippen LogP contribution < -0.4 is 18.9 Å². The zero-order chi connectivity index (χ0) is 30.8. The molecule has 12 heteroatoms. The minimum atomic E-state index is -0.995. The van der Waals surface area contributed by atoms with Gasteiger partial charge in [0.25, 0.3) is 0 Å². The molecule has 43 heavy (non-hydrogen) atoms. The normalized spacial score (nSPS) is 18.9. The van der Waals surface area contributed by atoms with Crippen LogP contribution in [-0.4, -0.2) is 71.2 Å². The van der Waals surface area contributed by atoms with Crippen molar-refractivity contribution in [2.75, 3.05) is 27.4 Å². The molecule has 0 unspecified atom stereocenters. The highest BCUT2D eigenvalue weighted by Gasteiger charge is 2.50. The summed E-state index contributed by atoms with van der Waals surface area (Å²) >= 11 is 0. The van der Waals surface area contributed by atoms with Gasteiger partial charge >= 0.3 is 11.9 Å². The predicted octanol–water partition coefficient (Wildman–Crippen LogP) is 3.07. The molecule has 230 valence electrons. The zero-order valence-corrected chi connectivity index (χ0v) is 24.5. The average Bonchev–Trinajstić information content (AvgIpc) is 3.52. The van der Waals surface area contributed by atoms with E-state index < -0.39 is 29.7 Å². The molecule has 0 spiro atoms. The number of carboxylic acids is 2. The second-order valence-electron chi connectivity index (χ2n) is 11.3. The van der Waals surface area contributed by atoms with Gasteiger partial charge in [-0.1, -0.05) is 6.92 Å². The van der Waals surface area contributed by atoms with Gasteiger partial charge in [0.1, 0.15) is 0 Å². The highest BCUT2D eigenvalue weighted by atomic mass is 16.5. The summed E-state index contributed by atoms with van der Waals surface area (Å²) in [5, 5.41) is 18.3. The Hall–Kier alpha value is -4.48. The molecule has 2 N–H and O–H groups in total. The zero-order valence-electron chi connectivity index (χ0n) is 24.5. The molecule has 0 saturated heterocycles. The first kappa shape index (κ1) is 30.0. The van der Waals surface area contributed by atoms with Crippen LogP contribution in [0.2, 0.25) is 0 Å².